The number of hydrogen-bond acceptors (Lipinski definition) is 5. The summed E-state index contributed by atoms with van der Waals surface area (Å²) in [4.78, 5) is 0. The minimum atomic E-state index is 0.517. The van der Waals surface area contributed by atoms with E-state index in [1.165, 1.54) is 0 Å². The molecule has 0 aromatic heterocycles. The smallest absolute Gasteiger partial charge is 0.165 e. The highest BCUT2D eigenvalue weighted by Crippen LogP contribution is 2.31. The average Bonchev–Trinajstić information content (AvgIpc) is 2.50. The summed E-state index contributed by atoms with van der Waals surface area (Å²) < 4.78 is 21.8. The van der Waals surface area contributed by atoms with Crippen molar-refractivity contribution in [3.63, 3.8) is 0 Å². The first-order valence-corrected chi connectivity index (χ1v) is 7.48. The van der Waals surface area contributed by atoms with E-state index in [0.29, 0.717) is 39.6 Å². The van der Waals surface area contributed by atoms with E-state index in [-0.39, 0.29) is 0 Å². The van der Waals surface area contributed by atoms with Gasteiger partial charge in [0.15, 0.2) is 11.5 Å². The number of benzene rings is 1. The molecule has 5 nitrogen and oxygen atoms in total. The van der Waals surface area contributed by atoms with Crippen LogP contribution in [-0.4, -0.2) is 46.7 Å². The molecule has 0 heterocycles. The fourth-order valence-electron chi connectivity index (χ4n) is 1.88. The van der Waals surface area contributed by atoms with Gasteiger partial charge in [-0.3, -0.25) is 0 Å². The highest BCUT2D eigenvalue weighted by Gasteiger charge is 2.10. The normalized spacial score (nSPS) is 10.6. The van der Waals surface area contributed by atoms with Gasteiger partial charge in [0, 0.05) is 32.4 Å². The summed E-state index contributed by atoms with van der Waals surface area (Å²) in [6.45, 7) is 8.54. The lowest BCUT2D eigenvalue weighted by Crippen LogP contribution is -2.19. The quantitative estimate of drug-likeness (QED) is 0.600. The maximum Gasteiger partial charge on any atom is 0.165 e. The third kappa shape index (κ3) is 6.80. The fraction of sp³-hybridized carbons (Fsp3) is 0.625. The first kappa shape index (κ1) is 17.8. The van der Waals surface area contributed by atoms with Gasteiger partial charge in [-0.15, -0.1) is 0 Å². The Kier molecular flexibility index (Phi) is 9.61. The van der Waals surface area contributed by atoms with Gasteiger partial charge >= 0.3 is 0 Å². The van der Waals surface area contributed by atoms with Gasteiger partial charge in [-0.2, -0.15) is 0 Å². The third-order valence-corrected chi connectivity index (χ3v) is 2.84. The molecule has 0 aliphatic heterocycles. The Labute approximate surface area is 127 Å². The van der Waals surface area contributed by atoms with Crippen LogP contribution in [0.5, 0.6) is 11.5 Å². The van der Waals surface area contributed by atoms with Crippen molar-refractivity contribution >= 4 is 0 Å². The van der Waals surface area contributed by atoms with E-state index in [4.69, 9.17) is 18.9 Å². The van der Waals surface area contributed by atoms with Crippen molar-refractivity contribution in [2.75, 3.05) is 46.7 Å². The molecule has 0 spiro atoms. The summed E-state index contributed by atoms with van der Waals surface area (Å²) in [6, 6.07) is 5.95. The zero-order chi connectivity index (χ0) is 15.3. The number of para-hydroxylation sites is 1. The molecule has 21 heavy (non-hydrogen) atoms. The van der Waals surface area contributed by atoms with E-state index in [0.717, 1.165) is 23.6 Å². The molecule has 0 bridgehead atoms. The fourth-order valence-corrected chi connectivity index (χ4v) is 1.88. The number of hydrogen-bond donors (Lipinski definition) is 1. The Hall–Kier alpha value is -1.30. The van der Waals surface area contributed by atoms with Crippen LogP contribution in [0.2, 0.25) is 0 Å². The number of methoxy groups -OCH3 is 1. The largest absolute Gasteiger partial charge is 0.490 e. The molecule has 120 valence electrons. The van der Waals surface area contributed by atoms with Crippen molar-refractivity contribution in [1.29, 1.82) is 0 Å². The number of rotatable bonds is 12. The van der Waals surface area contributed by atoms with Crippen molar-refractivity contribution in [1.82, 2.24) is 5.32 Å². The van der Waals surface area contributed by atoms with Crippen LogP contribution in [0.25, 0.3) is 0 Å². The van der Waals surface area contributed by atoms with Gasteiger partial charge in [0.05, 0.1) is 19.8 Å². The Bertz CT molecular complexity index is 385. The monoisotopic (exact) mass is 297 g/mol. The van der Waals surface area contributed by atoms with Crippen molar-refractivity contribution in [2.45, 2.75) is 20.4 Å². The average molecular weight is 297 g/mol. The molecule has 1 N–H and O–H groups in total. The molecule has 5 heteroatoms. The molecule has 0 unspecified atom stereocenters. The molecule has 1 aromatic carbocycles. The zero-order valence-electron chi connectivity index (χ0n) is 13.3. The van der Waals surface area contributed by atoms with E-state index in [9.17, 15) is 0 Å². The van der Waals surface area contributed by atoms with Crippen LogP contribution in [-0.2, 0) is 16.0 Å². The summed E-state index contributed by atoms with van der Waals surface area (Å²) in [6.07, 6.45) is 0. The van der Waals surface area contributed by atoms with Crippen LogP contribution in [0, 0.1) is 0 Å². The Morgan fingerprint density at radius 2 is 1.86 bits per heavy atom. The maximum absolute atomic E-state index is 5.86. The van der Waals surface area contributed by atoms with Crippen molar-refractivity contribution < 1.29 is 18.9 Å². The Morgan fingerprint density at radius 3 is 2.57 bits per heavy atom. The second-order valence-corrected chi connectivity index (χ2v) is 4.39. The van der Waals surface area contributed by atoms with Crippen molar-refractivity contribution in [3.05, 3.63) is 23.8 Å². The highest BCUT2D eigenvalue weighted by atomic mass is 16.5. The van der Waals surface area contributed by atoms with Crippen LogP contribution < -0.4 is 14.8 Å². The minimum absolute atomic E-state index is 0.517. The van der Waals surface area contributed by atoms with Crippen molar-refractivity contribution in [3.8, 4) is 11.5 Å². The van der Waals surface area contributed by atoms with Gasteiger partial charge in [-0.25, -0.2) is 0 Å². The van der Waals surface area contributed by atoms with Crippen LogP contribution in [0.4, 0.5) is 0 Å². The summed E-state index contributed by atoms with van der Waals surface area (Å²) >= 11 is 0. The van der Waals surface area contributed by atoms with Gasteiger partial charge < -0.3 is 24.3 Å². The Balaban J connectivity index is 2.66. The molecular weight excluding hydrogens is 270 g/mol. The van der Waals surface area contributed by atoms with Crippen molar-refractivity contribution in [2.24, 2.45) is 0 Å². The topological polar surface area (TPSA) is 49.0 Å². The SMILES string of the molecule is CCOCCOc1c(CNCCOC)cccc1OCC. The first-order valence-electron chi connectivity index (χ1n) is 7.48. The van der Waals surface area contributed by atoms with Gasteiger partial charge in [-0.1, -0.05) is 12.1 Å². The standard InChI is InChI=1S/C16H27NO4/c1-4-19-11-12-21-16-14(13-17-9-10-18-3)7-6-8-15(16)20-5-2/h6-8,17H,4-5,9-13H2,1-3H3. The molecule has 0 saturated heterocycles. The lowest BCUT2D eigenvalue weighted by Gasteiger charge is -2.16. The minimum Gasteiger partial charge on any atom is -0.490 e. The van der Waals surface area contributed by atoms with Crippen LogP contribution in [0.15, 0.2) is 18.2 Å². The van der Waals surface area contributed by atoms with Gasteiger partial charge in [-0.05, 0) is 19.9 Å². The van der Waals surface area contributed by atoms with E-state index in [1.54, 1.807) is 7.11 Å². The maximum atomic E-state index is 5.86. The lowest BCUT2D eigenvalue weighted by molar-refractivity contribution is 0.108. The molecule has 0 atom stereocenters. The van der Waals surface area contributed by atoms with E-state index < -0.39 is 0 Å². The van der Waals surface area contributed by atoms with E-state index >= 15 is 0 Å². The number of nitrogens with one attached hydrogen (secondary N) is 1. The summed E-state index contributed by atoms with van der Waals surface area (Å²) in [5, 5.41) is 3.32. The molecule has 0 saturated carbocycles. The number of ether oxygens (including phenoxy) is 4. The molecule has 0 amide bonds. The molecule has 0 radical (unpaired) electrons. The molecular formula is C16H27NO4. The van der Waals surface area contributed by atoms with E-state index in [1.807, 2.05) is 32.0 Å². The second kappa shape index (κ2) is 11.4. The van der Waals surface area contributed by atoms with E-state index in [2.05, 4.69) is 5.32 Å². The highest BCUT2D eigenvalue weighted by molar-refractivity contribution is 5.46. The van der Waals surface area contributed by atoms with Crippen LogP contribution >= 0.6 is 0 Å². The summed E-state index contributed by atoms with van der Waals surface area (Å²) in [5.74, 6) is 1.57. The molecule has 0 aliphatic carbocycles. The predicted octanol–water partition coefficient (Wildman–Crippen LogP) is 2.24. The van der Waals surface area contributed by atoms with Gasteiger partial charge in [0.25, 0.3) is 0 Å². The van der Waals surface area contributed by atoms with Crippen LogP contribution in [0.3, 0.4) is 0 Å². The first-order chi connectivity index (χ1) is 10.3. The molecule has 1 rings (SSSR count). The Morgan fingerprint density at radius 1 is 1.00 bits per heavy atom. The zero-order valence-corrected chi connectivity index (χ0v) is 13.3. The second-order valence-electron chi connectivity index (χ2n) is 4.39. The molecule has 0 fully saturated rings. The van der Waals surface area contributed by atoms with Gasteiger partial charge in [0.1, 0.15) is 6.61 Å². The predicted molar refractivity (Wildman–Crippen MR) is 83.2 cm³/mol. The lowest BCUT2D eigenvalue weighted by atomic mass is 10.2. The van der Waals surface area contributed by atoms with Crippen LogP contribution in [0.1, 0.15) is 19.4 Å². The third-order valence-electron chi connectivity index (χ3n) is 2.84. The summed E-state index contributed by atoms with van der Waals surface area (Å²) in [5.41, 5.74) is 1.08. The van der Waals surface area contributed by atoms with Gasteiger partial charge in [0.2, 0.25) is 0 Å². The molecule has 1 aromatic rings. The summed E-state index contributed by atoms with van der Waals surface area (Å²) in [7, 11) is 1.69. The molecule has 0 aliphatic rings.